The standard InChI is InChI=1S/C12H9BrF3N3O2S/c13-8-5-10(11(17)18-6-8)22(20,21)19-9-3-1-2-7(4-9)12(14,15)16/h1-6,19H,(H2,17,18). The van der Waals surface area contributed by atoms with Crippen LogP contribution < -0.4 is 10.5 Å². The predicted octanol–water partition coefficient (Wildman–Crippen LogP) is 3.25. The van der Waals surface area contributed by atoms with E-state index in [1.54, 1.807) is 0 Å². The highest BCUT2D eigenvalue weighted by atomic mass is 79.9. The summed E-state index contributed by atoms with van der Waals surface area (Å²) in [6, 6.07) is 5.04. The van der Waals surface area contributed by atoms with Gasteiger partial charge in [-0.25, -0.2) is 13.4 Å². The van der Waals surface area contributed by atoms with Crippen molar-refractivity contribution in [1.29, 1.82) is 0 Å². The van der Waals surface area contributed by atoms with Gasteiger partial charge in [-0.3, -0.25) is 4.72 Å². The van der Waals surface area contributed by atoms with Gasteiger partial charge in [-0.1, -0.05) is 6.07 Å². The van der Waals surface area contributed by atoms with Gasteiger partial charge in [0.25, 0.3) is 10.0 Å². The van der Waals surface area contributed by atoms with Gasteiger partial charge in [0.1, 0.15) is 10.7 Å². The molecule has 5 nitrogen and oxygen atoms in total. The van der Waals surface area contributed by atoms with Gasteiger partial charge in [0.2, 0.25) is 0 Å². The molecule has 1 aromatic carbocycles. The number of hydrogen-bond donors (Lipinski definition) is 2. The molecule has 3 N–H and O–H groups in total. The number of sulfonamides is 1. The van der Waals surface area contributed by atoms with Gasteiger partial charge in [0.05, 0.1) is 5.56 Å². The lowest BCUT2D eigenvalue weighted by Crippen LogP contribution is -2.16. The number of nitrogens with one attached hydrogen (secondary N) is 1. The van der Waals surface area contributed by atoms with Crippen molar-refractivity contribution >= 4 is 37.5 Å². The van der Waals surface area contributed by atoms with Crippen LogP contribution in [0.1, 0.15) is 5.56 Å². The minimum atomic E-state index is -4.57. The van der Waals surface area contributed by atoms with Crippen LogP contribution in [0.2, 0.25) is 0 Å². The molecular formula is C12H9BrF3N3O2S. The van der Waals surface area contributed by atoms with Crippen LogP contribution >= 0.6 is 15.9 Å². The first kappa shape index (κ1) is 16.6. The molecule has 0 unspecified atom stereocenters. The number of aromatic nitrogens is 1. The van der Waals surface area contributed by atoms with Gasteiger partial charge in [-0.2, -0.15) is 13.2 Å². The molecule has 0 fully saturated rings. The van der Waals surface area contributed by atoms with Gasteiger partial charge in [-0.05, 0) is 40.2 Å². The first-order valence-corrected chi connectivity index (χ1v) is 7.98. The fourth-order valence-electron chi connectivity index (χ4n) is 1.62. The third-order valence-corrected chi connectivity index (χ3v) is 4.42. The number of anilines is 2. The van der Waals surface area contributed by atoms with Crippen molar-refractivity contribution in [2.45, 2.75) is 11.1 Å². The van der Waals surface area contributed by atoms with Gasteiger partial charge >= 0.3 is 6.18 Å². The Labute approximate surface area is 132 Å². The minimum Gasteiger partial charge on any atom is -0.383 e. The zero-order valence-corrected chi connectivity index (χ0v) is 13.1. The summed E-state index contributed by atoms with van der Waals surface area (Å²) < 4.78 is 64.7. The maximum atomic E-state index is 12.6. The number of pyridine rings is 1. The molecule has 0 saturated carbocycles. The lowest BCUT2D eigenvalue weighted by molar-refractivity contribution is -0.137. The zero-order valence-electron chi connectivity index (χ0n) is 10.7. The van der Waals surface area contributed by atoms with Gasteiger partial charge in [-0.15, -0.1) is 0 Å². The maximum Gasteiger partial charge on any atom is 0.416 e. The summed E-state index contributed by atoms with van der Waals surface area (Å²) >= 11 is 3.05. The van der Waals surface area contributed by atoms with E-state index in [0.717, 1.165) is 12.1 Å². The van der Waals surface area contributed by atoms with Crippen LogP contribution in [-0.4, -0.2) is 13.4 Å². The maximum absolute atomic E-state index is 12.6. The van der Waals surface area contributed by atoms with Crippen LogP contribution in [0.25, 0.3) is 0 Å². The largest absolute Gasteiger partial charge is 0.416 e. The molecule has 2 aromatic rings. The lowest BCUT2D eigenvalue weighted by Gasteiger charge is -2.12. The smallest absolute Gasteiger partial charge is 0.383 e. The minimum absolute atomic E-state index is 0.228. The Morgan fingerprint density at radius 1 is 1.23 bits per heavy atom. The zero-order chi connectivity index (χ0) is 16.5. The SMILES string of the molecule is Nc1ncc(Br)cc1S(=O)(=O)Nc1cccc(C(F)(F)F)c1. The monoisotopic (exact) mass is 395 g/mol. The molecule has 0 amide bonds. The quantitative estimate of drug-likeness (QED) is 0.834. The van der Waals surface area contributed by atoms with E-state index in [0.29, 0.717) is 10.5 Å². The third kappa shape index (κ3) is 3.69. The van der Waals surface area contributed by atoms with Crippen molar-refractivity contribution in [2.75, 3.05) is 10.5 Å². The fourth-order valence-corrected chi connectivity index (χ4v) is 3.26. The van der Waals surface area contributed by atoms with Crippen LogP contribution in [0.3, 0.4) is 0 Å². The third-order valence-electron chi connectivity index (χ3n) is 2.58. The molecule has 0 atom stereocenters. The average Bonchev–Trinajstić information content (AvgIpc) is 2.40. The van der Waals surface area contributed by atoms with Crippen molar-refractivity contribution in [1.82, 2.24) is 4.98 Å². The number of hydrogen-bond acceptors (Lipinski definition) is 4. The Morgan fingerprint density at radius 2 is 1.91 bits per heavy atom. The number of nitrogen functional groups attached to an aromatic ring is 1. The topological polar surface area (TPSA) is 85.1 Å². The van der Waals surface area contributed by atoms with Crippen molar-refractivity contribution in [3.05, 3.63) is 46.6 Å². The Kier molecular flexibility index (Phi) is 4.34. The highest BCUT2D eigenvalue weighted by Gasteiger charge is 2.31. The number of rotatable bonds is 3. The first-order chi connectivity index (χ1) is 10.1. The van der Waals surface area contributed by atoms with E-state index in [4.69, 9.17) is 5.73 Å². The molecule has 0 spiro atoms. The number of benzene rings is 1. The molecule has 0 aliphatic rings. The Morgan fingerprint density at radius 3 is 2.55 bits per heavy atom. The molecule has 0 aliphatic carbocycles. The molecule has 1 heterocycles. The van der Waals surface area contributed by atoms with Crippen LogP contribution in [0.4, 0.5) is 24.7 Å². The van der Waals surface area contributed by atoms with E-state index in [1.807, 2.05) is 4.72 Å². The van der Waals surface area contributed by atoms with Crippen LogP contribution in [0.5, 0.6) is 0 Å². The molecule has 0 bridgehead atoms. The van der Waals surface area contributed by atoms with Crippen LogP contribution in [-0.2, 0) is 16.2 Å². The van der Waals surface area contributed by atoms with E-state index < -0.39 is 21.8 Å². The van der Waals surface area contributed by atoms with E-state index >= 15 is 0 Å². The van der Waals surface area contributed by atoms with E-state index in [-0.39, 0.29) is 16.4 Å². The van der Waals surface area contributed by atoms with Crippen molar-refractivity contribution < 1.29 is 21.6 Å². The first-order valence-electron chi connectivity index (χ1n) is 5.71. The second-order valence-corrected chi connectivity index (χ2v) is 6.79. The highest BCUT2D eigenvalue weighted by Crippen LogP contribution is 2.31. The number of halogens is 4. The Balaban J connectivity index is 2.39. The number of alkyl halides is 3. The molecule has 2 rings (SSSR count). The van der Waals surface area contributed by atoms with Crippen LogP contribution in [0.15, 0.2) is 45.9 Å². The van der Waals surface area contributed by atoms with Gasteiger partial charge in [0.15, 0.2) is 0 Å². The van der Waals surface area contributed by atoms with E-state index in [2.05, 4.69) is 20.9 Å². The molecule has 0 saturated heterocycles. The molecule has 1 aromatic heterocycles. The van der Waals surface area contributed by atoms with Crippen molar-refractivity contribution in [3.8, 4) is 0 Å². The molecule has 0 radical (unpaired) electrons. The van der Waals surface area contributed by atoms with Gasteiger partial charge in [0, 0.05) is 16.4 Å². The molecule has 22 heavy (non-hydrogen) atoms. The summed E-state index contributed by atoms with van der Waals surface area (Å²) in [6.45, 7) is 0. The molecule has 0 aliphatic heterocycles. The van der Waals surface area contributed by atoms with Crippen LogP contribution in [0, 0.1) is 0 Å². The number of nitrogens with two attached hydrogens (primary N) is 1. The molecular weight excluding hydrogens is 387 g/mol. The summed E-state index contributed by atoms with van der Waals surface area (Å²) in [7, 11) is -4.16. The predicted molar refractivity (Wildman–Crippen MR) is 78.6 cm³/mol. The average molecular weight is 396 g/mol. The summed E-state index contributed by atoms with van der Waals surface area (Å²) in [5.41, 5.74) is 4.30. The van der Waals surface area contributed by atoms with Crippen molar-refractivity contribution in [3.63, 3.8) is 0 Å². The lowest BCUT2D eigenvalue weighted by atomic mass is 10.2. The second-order valence-electron chi connectivity index (χ2n) is 4.22. The van der Waals surface area contributed by atoms with Gasteiger partial charge < -0.3 is 5.73 Å². The van der Waals surface area contributed by atoms with Crippen molar-refractivity contribution in [2.24, 2.45) is 0 Å². The molecule has 10 heteroatoms. The summed E-state index contributed by atoms with van der Waals surface area (Å²) in [5.74, 6) is -0.261. The summed E-state index contributed by atoms with van der Waals surface area (Å²) in [5, 5.41) is 0. The summed E-state index contributed by atoms with van der Waals surface area (Å²) in [4.78, 5) is 3.34. The highest BCUT2D eigenvalue weighted by molar-refractivity contribution is 9.10. The fraction of sp³-hybridized carbons (Fsp3) is 0.0833. The second kappa shape index (κ2) is 5.76. The Hall–Kier alpha value is -1.81. The van der Waals surface area contributed by atoms with E-state index in [9.17, 15) is 21.6 Å². The molecule has 118 valence electrons. The Bertz CT molecular complexity index is 810. The summed E-state index contributed by atoms with van der Waals surface area (Å²) in [6.07, 6.45) is -3.27. The van der Waals surface area contributed by atoms with E-state index in [1.165, 1.54) is 18.3 Å². The normalized spacial score (nSPS) is 12.2. The number of nitrogens with zero attached hydrogens (tertiary/aromatic N) is 1.